The van der Waals surface area contributed by atoms with Crippen LogP contribution >= 0.6 is 0 Å². The first-order valence-electron chi connectivity index (χ1n) is 18.9. The molecule has 0 aliphatic rings. The second-order valence-corrected chi connectivity index (χ2v) is 14.5. The van der Waals surface area contributed by atoms with E-state index >= 15 is 0 Å². The second kappa shape index (κ2) is 11.6. The highest BCUT2D eigenvalue weighted by molar-refractivity contribution is 6.22. The number of benzene rings is 9. The van der Waals surface area contributed by atoms with E-state index in [1.54, 1.807) is 0 Å². The van der Waals surface area contributed by atoms with E-state index in [1.165, 1.54) is 93.0 Å². The monoisotopic (exact) mass is 699 g/mol. The Morgan fingerprint density at radius 1 is 0.255 bits per heavy atom. The zero-order valence-corrected chi connectivity index (χ0v) is 29.9. The third-order valence-corrected chi connectivity index (χ3v) is 11.6. The topological polar surface area (TPSA) is 14.8 Å². The summed E-state index contributed by atoms with van der Waals surface area (Å²) in [7, 11) is 0. The molecule has 12 aromatic rings. The zero-order chi connectivity index (χ0) is 36.0. The molecule has 0 bridgehead atoms. The minimum atomic E-state index is 1.13. The van der Waals surface area contributed by atoms with Gasteiger partial charge in [-0.15, -0.1) is 0 Å². The van der Waals surface area contributed by atoms with Gasteiger partial charge in [0.2, 0.25) is 0 Å². The molecule has 0 radical (unpaired) electrons. The van der Waals surface area contributed by atoms with Crippen molar-refractivity contribution in [2.45, 2.75) is 0 Å². The van der Waals surface area contributed by atoms with E-state index in [9.17, 15) is 0 Å². The Morgan fingerprint density at radius 3 is 1.27 bits per heavy atom. The van der Waals surface area contributed by atoms with Crippen molar-refractivity contribution in [2.24, 2.45) is 0 Å². The summed E-state index contributed by atoms with van der Waals surface area (Å²) in [6.45, 7) is 0. The SMILES string of the molecule is c1ccc(-n2c3ccccc3c3cc(-c4c5ccccc5cc5c6ccccc6n(-c6ccc(-n7c8ccccc8c8ccccc87)cc6)c45)ccc32)cc1. The van der Waals surface area contributed by atoms with Gasteiger partial charge in [-0.1, -0.05) is 121 Å². The molecule has 3 nitrogen and oxygen atoms in total. The van der Waals surface area contributed by atoms with Gasteiger partial charge in [0.05, 0.1) is 33.1 Å². The summed E-state index contributed by atoms with van der Waals surface area (Å²) in [6.07, 6.45) is 0. The van der Waals surface area contributed by atoms with E-state index in [2.05, 4.69) is 214 Å². The molecule has 0 saturated heterocycles. The summed E-state index contributed by atoms with van der Waals surface area (Å²) < 4.78 is 7.27. The summed E-state index contributed by atoms with van der Waals surface area (Å²) in [5.41, 5.74) is 13.1. The standard InChI is InChI=1S/C52H33N3/c1-2-15-36(16-3-1)53-48-24-12-8-20-42(48)44-33-35(26-31-50(44)53)51-39-17-5-4-14-34(39)32-45-43-21-9-13-25-49(43)55(52(45)51)38-29-27-37(28-30-38)54-46-22-10-6-18-40(46)41-19-7-11-23-47(41)54/h1-33H. The first-order chi connectivity index (χ1) is 27.3. The van der Waals surface area contributed by atoms with Crippen molar-refractivity contribution >= 4 is 76.2 Å². The van der Waals surface area contributed by atoms with Crippen LogP contribution in [0.25, 0.3) is 104 Å². The molecule has 0 saturated carbocycles. The van der Waals surface area contributed by atoms with Gasteiger partial charge in [0.25, 0.3) is 0 Å². The van der Waals surface area contributed by atoms with E-state index < -0.39 is 0 Å². The minimum absolute atomic E-state index is 1.13. The fourth-order valence-corrected chi connectivity index (χ4v) is 9.29. The van der Waals surface area contributed by atoms with Crippen molar-refractivity contribution in [3.8, 4) is 28.2 Å². The number of rotatable bonds is 4. The molecule has 3 heteroatoms. The van der Waals surface area contributed by atoms with Crippen LogP contribution < -0.4 is 0 Å². The predicted molar refractivity (Wildman–Crippen MR) is 232 cm³/mol. The Hall–Kier alpha value is -7.36. The van der Waals surface area contributed by atoms with Crippen molar-refractivity contribution in [1.29, 1.82) is 0 Å². The van der Waals surface area contributed by atoms with E-state index in [4.69, 9.17) is 0 Å². The second-order valence-electron chi connectivity index (χ2n) is 14.5. The molecule has 0 N–H and O–H groups in total. The van der Waals surface area contributed by atoms with Gasteiger partial charge in [-0.05, 0) is 95.2 Å². The van der Waals surface area contributed by atoms with Crippen LogP contribution in [0.5, 0.6) is 0 Å². The van der Waals surface area contributed by atoms with Crippen molar-refractivity contribution in [3.05, 3.63) is 200 Å². The van der Waals surface area contributed by atoms with E-state index in [0.717, 1.165) is 11.4 Å². The fraction of sp³-hybridized carbons (Fsp3) is 0. The lowest BCUT2D eigenvalue weighted by Gasteiger charge is -2.16. The molecule has 12 rings (SSSR count). The molecular weight excluding hydrogens is 667 g/mol. The van der Waals surface area contributed by atoms with Gasteiger partial charge >= 0.3 is 0 Å². The van der Waals surface area contributed by atoms with Gasteiger partial charge in [-0.2, -0.15) is 0 Å². The van der Waals surface area contributed by atoms with Crippen LogP contribution in [0.2, 0.25) is 0 Å². The normalized spacial score (nSPS) is 12.0. The van der Waals surface area contributed by atoms with Gasteiger partial charge in [-0.3, -0.25) is 0 Å². The Balaban J connectivity index is 1.14. The number of fused-ring (bicyclic) bond motifs is 10. The quantitative estimate of drug-likeness (QED) is 0.174. The first-order valence-corrected chi connectivity index (χ1v) is 18.9. The van der Waals surface area contributed by atoms with Gasteiger partial charge in [-0.25, -0.2) is 0 Å². The number of hydrogen-bond acceptors (Lipinski definition) is 0. The van der Waals surface area contributed by atoms with Crippen LogP contribution in [0.4, 0.5) is 0 Å². The summed E-state index contributed by atoms with van der Waals surface area (Å²) in [4.78, 5) is 0. The lowest BCUT2D eigenvalue weighted by atomic mass is 9.94. The summed E-state index contributed by atoms with van der Waals surface area (Å²) in [6, 6.07) is 73.2. The van der Waals surface area contributed by atoms with Crippen LogP contribution in [0, 0.1) is 0 Å². The summed E-state index contributed by atoms with van der Waals surface area (Å²) in [5.74, 6) is 0. The molecule has 3 aromatic heterocycles. The van der Waals surface area contributed by atoms with Gasteiger partial charge in [0.15, 0.2) is 0 Å². The number of hydrogen-bond donors (Lipinski definition) is 0. The van der Waals surface area contributed by atoms with E-state index in [0.29, 0.717) is 0 Å². The maximum Gasteiger partial charge on any atom is 0.0625 e. The molecule has 9 aromatic carbocycles. The molecule has 0 spiro atoms. The van der Waals surface area contributed by atoms with Crippen molar-refractivity contribution in [1.82, 2.24) is 13.7 Å². The molecule has 55 heavy (non-hydrogen) atoms. The Morgan fingerprint density at radius 2 is 0.673 bits per heavy atom. The van der Waals surface area contributed by atoms with E-state index in [1.807, 2.05) is 0 Å². The lowest BCUT2D eigenvalue weighted by molar-refractivity contribution is 1.15. The van der Waals surface area contributed by atoms with Gasteiger partial charge < -0.3 is 13.7 Å². The van der Waals surface area contributed by atoms with Crippen LogP contribution in [0.15, 0.2) is 200 Å². The van der Waals surface area contributed by atoms with Gasteiger partial charge in [0, 0.05) is 54.9 Å². The molecule has 0 amide bonds. The van der Waals surface area contributed by atoms with Crippen molar-refractivity contribution < 1.29 is 0 Å². The van der Waals surface area contributed by atoms with Crippen LogP contribution in [0.3, 0.4) is 0 Å². The van der Waals surface area contributed by atoms with E-state index in [-0.39, 0.29) is 0 Å². The molecular formula is C52H33N3. The number of para-hydroxylation sites is 5. The Labute approximate surface area is 317 Å². The third kappa shape index (κ3) is 4.32. The maximum absolute atomic E-state index is 2.49. The van der Waals surface area contributed by atoms with Crippen LogP contribution in [-0.4, -0.2) is 13.7 Å². The average Bonchev–Trinajstić information content (AvgIpc) is 3.89. The molecule has 256 valence electrons. The fourth-order valence-electron chi connectivity index (χ4n) is 9.29. The number of nitrogens with zero attached hydrogens (tertiary/aromatic N) is 3. The lowest BCUT2D eigenvalue weighted by Crippen LogP contribution is -1.98. The van der Waals surface area contributed by atoms with Crippen LogP contribution in [-0.2, 0) is 0 Å². The number of aromatic nitrogens is 3. The van der Waals surface area contributed by atoms with Gasteiger partial charge in [0.1, 0.15) is 0 Å². The highest BCUT2D eigenvalue weighted by atomic mass is 15.0. The summed E-state index contributed by atoms with van der Waals surface area (Å²) in [5, 5.41) is 10.0. The maximum atomic E-state index is 2.49. The minimum Gasteiger partial charge on any atom is -0.309 e. The zero-order valence-electron chi connectivity index (χ0n) is 29.9. The molecule has 0 fully saturated rings. The molecule has 0 unspecified atom stereocenters. The van der Waals surface area contributed by atoms with Crippen LogP contribution in [0.1, 0.15) is 0 Å². The summed E-state index contributed by atoms with van der Waals surface area (Å²) >= 11 is 0. The highest BCUT2D eigenvalue weighted by Crippen LogP contribution is 2.44. The Bertz CT molecular complexity index is 3420. The van der Waals surface area contributed by atoms with Crippen molar-refractivity contribution in [3.63, 3.8) is 0 Å². The largest absolute Gasteiger partial charge is 0.309 e. The smallest absolute Gasteiger partial charge is 0.0625 e. The average molecular weight is 700 g/mol. The third-order valence-electron chi connectivity index (χ3n) is 11.6. The first kappa shape index (κ1) is 30.1. The Kier molecular flexibility index (Phi) is 6.34. The molecule has 0 aliphatic carbocycles. The predicted octanol–water partition coefficient (Wildman–Crippen LogP) is 13.8. The molecule has 0 aliphatic heterocycles. The molecule has 0 atom stereocenters. The molecule has 3 heterocycles. The highest BCUT2D eigenvalue weighted by Gasteiger charge is 2.21. The van der Waals surface area contributed by atoms with Crippen molar-refractivity contribution in [2.75, 3.05) is 0 Å².